The lowest BCUT2D eigenvalue weighted by atomic mass is 10.1. The Balaban J connectivity index is 2.30. The van der Waals surface area contributed by atoms with Crippen molar-refractivity contribution in [3.05, 3.63) is 52.1 Å². The molecule has 0 saturated heterocycles. The predicted molar refractivity (Wildman–Crippen MR) is 73.1 cm³/mol. The van der Waals surface area contributed by atoms with Gasteiger partial charge in [-0.15, -0.1) is 0 Å². The van der Waals surface area contributed by atoms with Crippen LogP contribution in [0, 0.1) is 17.0 Å². The number of nitro groups is 1. The molecule has 0 aliphatic rings. The molecular weight excluding hydrogens is 244 g/mol. The molecule has 1 unspecified atom stereocenters. The summed E-state index contributed by atoms with van der Waals surface area (Å²) in [5.41, 5.74) is 1.56. The lowest BCUT2D eigenvalue weighted by Gasteiger charge is -2.15. The molecule has 0 saturated carbocycles. The highest BCUT2D eigenvalue weighted by atomic mass is 16.6. The van der Waals surface area contributed by atoms with Gasteiger partial charge in [0.1, 0.15) is 11.5 Å². The Bertz CT molecular complexity index is 606. The van der Waals surface area contributed by atoms with Gasteiger partial charge in [0.2, 0.25) is 0 Å². The average Bonchev–Trinajstić information content (AvgIpc) is 2.75. The number of hydrogen-bond acceptors (Lipinski definition) is 4. The number of imidazole rings is 1. The first-order valence-corrected chi connectivity index (χ1v) is 5.98. The number of benzene rings is 1. The summed E-state index contributed by atoms with van der Waals surface area (Å²) >= 11 is 0. The highest BCUT2D eigenvalue weighted by Crippen LogP contribution is 2.28. The summed E-state index contributed by atoms with van der Waals surface area (Å²) in [7, 11) is 1.89. The van der Waals surface area contributed by atoms with Gasteiger partial charge in [-0.25, -0.2) is 4.98 Å². The Kier molecular flexibility index (Phi) is 3.50. The maximum Gasteiger partial charge on any atom is 0.292 e. The molecule has 2 aromatic rings. The maximum absolute atomic E-state index is 11.0. The Morgan fingerprint density at radius 3 is 2.79 bits per heavy atom. The fraction of sp³-hybridized carbons (Fsp3) is 0.308. The lowest BCUT2D eigenvalue weighted by Crippen LogP contribution is -2.13. The number of rotatable bonds is 4. The number of aromatic nitrogens is 2. The molecule has 0 radical (unpaired) electrons. The summed E-state index contributed by atoms with van der Waals surface area (Å²) in [6.45, 7) is 3.83. The standard InChI is InChI=1S/C13H16N4O2/c1-9-4-5-12(17(18)19)11(8-9)15-10(2)13-14-6-7-16(13)3/h4-8,10,15H,1-3H3. The van der Waals surface area contributed by atoms with Gasteiger partial charge in [0.25, 0.3) is 5.69 Å². The highest BCUT2D eigenvalue weighted by Gasteiger charge is 2.17. The van der Waals surface area contributed by atoms with Gasteiger partial charge in [-0.3, -0.25) is 10.1 Å². The molecule has 0 fully saturated rings. The summed E-state index contributed by atoms with van der Waals surface area (Å²) in [6.07, 6.45) is 3.55. The molecule has 6 nitrogen and oxygen atoms in total. The molecule has 0 aliphatic carbocycles. The van der Waals surface area contributed by atoms with Crippen molar-refractivity contribution in [2.24, 2.45) is 7.05 Å². The van der Waals surface area contributed by atoms with Crippen molar-refractivity contribution in [1.82, 2.24) is 9.55 Å². The molecule has 1 heterocycles. The first-order chi connectivity index (χ1) is 8.99. The molecule has 6 heteroatoms. The van der Waals surface area contributed by atoms with Gasteiger partial charge in [-0.05, 0) is 25.5 Å². The second-order valence-corrected chi connectivity index (χ2v) is 4.54. The molecule has 1 aromatic carbocycles. The van der Waals surface area contributed by atoms with E-state index in [9.17, 15) is 10.1 Å². The van der Waals surface area contributed by atoms with Crippen LogP contribution in [-0.2, 0) is 7.05 Å². The number of nitrogens with zero attached hydrogens (tertiary/aromatic N) is 3. The summed E-state index contributed by atoms with van der Waals surface area (Å²) in [5.74, 6) is 0.829. The van der Waals surface area contributed by atoms with Crippen LogP contribution in [0.4, 0.5) is 11.4 Å². The maximum atomic E-state index is 11.0. The van der Waals surface area contributed by atoms with E-state index in [1.807, 2.05) is 31.7 Å². The minimum atomic E-state index is -0.382. The van der Waals surface area contributed by atoms with E-state index in [0.29, 0.717) is 5.69 Å². The minimum Gasteiger partial charge on any atom is -0.370 e. The normalized spacial score (nSPS) is 12.2. The Hall–Kier alpha value is -2.37. The zero-order valence-corrected chi connectivity index (χ0v) is 11.1. The van der Waals surface area contributed by atoms with Crippen LogP contribution in [0.1, 0.15) is 24.4 Å². The molecule has 0 aliphatic heterocycles. The molecule has 19 heavy (non-hydrogen) atoms. The molecule has 2 rings (SSSR count). The summed E-state index contributed by atoms with van der Waals surface area (Å²) in [6, 6.07) is 4.91. The van der Waals surface area contributed by atoms with Gasteiger partial charge in [-0.2, -0.15) is 0 Å². The van der Waals surface area contributed by atoms with E-state index in [1.165, 1.54) is 6.07 Å². The zero-order chi connectivity index (χ0) is 14.0. The average molecular weight is 260 g/mol. The minimum absolute atomic E-state index is 0.0756. The van der Waals surface area contributed by atoms with Crippen LogP contribution in [-0.4, -0.2) is 14.5 Å². The van der Waals surface area contributed by atoms with Crippen LogP contribution >= 0.6 is 0 Å². The number of nitrogens with one attached hydrogen (secondary N) is 1. The third-order valence-corrected chi connectivity index (χ3v) is 2.97. The quantitative estimate of drug-likeness (QED) is 0.677. The summed E-state index contributed by atoms with van der Waals surface area (Å²) < 4.78 is 1.89. The van der Waals surface area contributed by atoms with Gasteiger partial charge in [-0.1, -0.05) is 6.07 Å². The topological polar surface area (TPSA) is 73.0 Å². The fourth-order valence-corrected chi connectivity index (χ4v) is 2.02. The van der Waals surface area contributed by atoms with Gasteiger partial charge in [0.15, 0.2) is 0 Å². The number of hydrogen-bond donors (Lipinski definition) is 1. The van der Waals surface area contributed by atoms with Gasteiger partial charge in [0.05, 0.1) is 11.0 Å². The van der Waals surface area contributed by atoms with Crippen molar-refractivity contribution in [2.75, 3.05) is 5.32 Å². The van der Waals surface area contributed by atoms with Crippen LogP contribution in [0.3, 0.4) is 0 Å². The Morgan fingerprint density at radius 1 is 1.47 bits per heavy atom. The number of nitro benzene ring substituents is 1. The third kappa shape index (κ3) is 2.73. The van der Waals surface area contributed by atoms with Crippen LogP contribution < -0.4 is 5.32 Å². The molecule has 0 bridgehead atoms. The largest absolute Gasteiger partial charge is 0.370 e. The lowest BCUT2D eigenvalue weighted by molar-refractivity contribution is -0.384. The van der Waals surface area contributed by atoms with Gasteiger partial charge < -0.3 is 9.88 Å². The van der Waals surface area contributed by atoms with E-state index in [0.717, 1.165) is 11.4 Å². The molecule has 1 N–H and O–H groups in total. The second kappa shape index (κ2) is 5.09. The molecule has 100 valence electrons. The van der Waals surface area contributed by atoms with Crippen molar-refractivity contribution in [1.29, 1.82) is 0 Å². The van der Waals surface area contributed by atoms with Crippen molar-refractivity contribution in [3.8, 4) is 0 Å². The van der Waals surface area contributed by atoms with E-state index in [1.54, 1.807) is 18.3 Å². The second-order valence-electron chi connectivity index (χ2n) is 4.54. The van der Waals surface area contributed by atoms with Crippen LogP contribution in [0.2, 0.25) is 0 Å². The fourth-order valence-electron chi connectivity index (χ4n) is 2.02. The first-order valence-electron chi connectivity index (χ1n) is 5.98. The molecule has 1 aromatic heterocycles. The van der Waals surface area contributed by atoms with Gasteiger partial charge >= 0.3 is 0 Å². The third-order valence-electron chi connectivity index (χ3n) is 2.97. The molecule has 1 atom stereocenters. The molecule has 0 amide bonds. The SMILES string of the molecule is Cc1ccc([N+](=O)[O-])c(NC(C)c2nccn2C)c1. The molecule has 0 spiro atoms. The van der Waals surface area contributed by atoms with E-state index >= 15 is 0 Å². The summed E-state index contributed by atoms with van der Waals surface area (Å²) in [4.78, 5) is 14.9. The monoisotopic (exact) mass is 260 g/mol. The molecular formula is C13H16N4O2. The summed E-state index contributed by atoms with van der Waals surface area (Å²) in [5, 5.41) is 14.2. The highest BCUT2D eigenvalue weighted by molar-refractivity contribution is 5.63. The van der Waals surface area contributed by atoms with E-state index in [4.69, 9.17) is 0 Å². The predicted octanol–water partition coefficient (Wildman–Crippen LogP) is 2.81. The van der Waals surface area contributed by atoms with Crippen LogP contribution in [0.5, 0.6) is 0 Å². The number of aryl methyl sites for hydroxylation is 2. The van der Waals surface area contributed by atoms with E-state index < -0.39 is 0 Å². The van der Waals surface area contributed by atoms with Crippen molar-refractivity contribution in [3.63, 3.8) is 0 Å². The van der Waals surface area contributed by atoms with Crippen LogP contribution in [0.25, 0.3) is 0 Å². The van der Waals surface area contributed by atoms with E-state index in [-0.39, 0.29) is 16.7 Å². The van der Waals surface area contributed by atoms with Gasteiger partial charge in [0, 0.05) is 25.5 Å². The zero-order valence-electron chi connectivity index (χ0n) is 11.1. The van der Waals surface area contributed by atoms with Crippen molar-refractivity contribution in [2.45, 2.75) is 19.9 Å². The first kappa shape index (κ1) is 13.1. The van der Waals surface area contributed by atoms with Crippen molar-refractivity contribution >= 4 is 11.4 Å². The smallest absolute Gasteiger partial charge is 0.292 e. The Labute approximate surface area is 111 Å². The number of anilines is 1. The van der Waals surface area contributed by atoms with Crippen LogP contribution in [0.15, 0.2) is 30.6 Å². The van der Waals surface area contributed by atoms with Crippen molar-refractivity contribution < 1.29 is 4.92 Å². The Morgan fingerprint density at radius 2 is 2.21 bits per heavy atom. The van der Waals surface area contributed by atoms with E-state index in [2.05, 4.69) is 10.3 Å².